The third-order valence-corrected chi connectivity index (χ3v) is 6.98. The Morgan fingerprint density at radius 2 is 1.59 bits per heavy atom. The number of carbonyl (C=O) groups is 2. The van der Waals surface area contributed by atoms with Gasteiger partial charge in [-0.25, -0.2) is 8.42 Å². The first-order valence-corrected chi connectivity index (χ1v) is 10.8. The number of esters is 1. The minimum Gasteiger partial charge on any atom is -0.469 e. The van der Waals surface area contributed by atoms with Crippen LogP contribution < -0.4 is 4.31 Å². The van der Waals surface area contributed by atoms with Crippen molar-refractivity contribution in [2.75, 3.05) is 31.6 Å². The van der Waals surface area contributed by atoms with Crippen LogP contribution in [0.3, 0.4) is 0 Å². The quantitative estimate of drug-likeness (QED) is 0.700. The normalized spacial score (nSPS) is 15.0. The number of likely N-dealkylation sites (tertiary alicyclic amines) is 1. The third-order valence-electron chi connectivity index (χ3n) is 5.19. The second kappa shape index (κ2) is 8.65. The molecule has 7 nitrogen and oxygen atoms in total. The highest BCUT2D eigenvalue weighted by molar-refractivity contribution is 7.92. The molecule has 1 heterocycles. The van der Waals surface area contributed by atoms with Gasteiger partial charge >= 0.3 is 5.97 Å². The SMILES string of the molecule is COC(=O)C1CCN(C(=O)c2ccccc2N(C)S(=O)(=O)c2ccccc2)CC1. The number of carbonyl (C=O) groups excluding carboxylic acids is 2. The molecule has 0 bridgehead atoms. The summed E-state index contributed by atoms with van der Waals surface area (Å²) in [4.78, 5) is 26.6. The summed E-state index contributed by atoms with van der Waals surface area (Å²) >= 11 is 0. The van der Waals surface area contributed by atoms with Gasteiger partial charge in [0, 0.05) is 20.1 Å². The van der Waals surface area contributed by atoms with Crippen LogP contribution >= 0.6 is 0 Å². The Kier molecular flexibility index (Phi) is 6.22. The van der Waals surface area contributed by atoms with Crippen molar-refractivity contribution in [3.63, 3.8) is 0 Å². The lowest BCUT2D eigenvalue weighted by atomic mass is 9.96. The molecule has 3 rings (SSSR count). The summed E-state index contributed by atoms with van der Waals surface area (Å²) in [5.41, 5.74) is 0.627. The van der Waals surface area contributed by atoms with Crippen molar-refractivity contribution in [3.05, 3.63) is 60.2 Å². The Hall–Kier alpha value is -2.87. The monoisotopic (exact) mass is 416 g/mol. The van der Waals surface area contributed by atoms with Gasteiger partial charge in [-0.15, -0.1) is 0 Å². The van der Waals surface area contributed by atoms with Gasteiger partial charge in [-0.1, -0.05) is 30.3 Å². The molecule has 0 unspecified atom stereocenters. The first-order chi connectivity index (χ1) is 13.9. The third kappa shape index (κ3) is 4.27. The number of sulfonamides is 1. The van der Waals surface area contributed by atoms with E-state index in [0.29, 0.717) is 37.2 Å². The summed E-state index contributed by atoms with van der Waals surface area (Å²) in [7, 11) is -0.998. The molecule has 1 saturated heterocycles. The van der Waals surface area contributed by atoms with Crippen LogP contribution in [0.15, 0.2) is 59.5 Å². The van der Waals surface area contributed by atoms with Crippen LogP contribution in [-0.4, -0.2) is 52.4 Å². The fourth-order valence-electron chi connectivity index (χ4n) is 3.46. The van der Waals surface area contributed by atoms with Gasteiger partial charge in [-0.3, -0.25) is 13.9 Å². The van der Waals surface area contributed by atoms with Crippen LogP contribution in [0.1, 0.15) is 23.2 Å². The second-order valence-electron chi connectivity index (χ2n) is 6.89. The molecule has 0 atom stereocenters. The summed E-state index contributed by atoms with van der Waals surface area (Å²) < 4.78 is 31.9. The van der Waals surface area contributed by atoms with Crippen molar-refractivity contribution >= 4 is 27.6 Å². The first kappa shape index (κ1) is 20.9. The lowest BCUT2D eigenvalue weighted by molar-refractivity contribution is -0.146. The van der Waals surface area contributed by atoms with Crippen LogP contribution in [0.25, 0.3) is 0 Å². The highest BCUT2D eigenvalue weighted by Crippen LogP contribution is 2.28. The van der Waals surface area contributed by atoms with Crippen LogP contribution in [0.2, 0.25) is 0 Å². The summed E-state index contributed by atoms with van der Waals surface area (Å²) in [5.74, 6) is -0.717. The van der Waals surface area contributed by atoms with E-state index in [0.717, 1.165) is 4.31 Å². The van der Waals surface area contributed by atoms with Crippen molar-refractivity contribution in [3.8, 4) is 0 Å². The number of methoxy groups -OCH3 is 1. The van der Waals surface area contributed by atoms with Gasteiger partial charge in [0.15, 0.2) is 0 Å². The molecular weight excluding hydrogens is 392 g/mol. The van der Waals surface area contributed by atoms with Gasteiger partial charge in [0.05, 0.1) is 29.2 Å². The number of rotatable bonds is 5. The van der Waals surface area contributed by atoms with E-state index in [2.05, 4.69) is 0 Å². The van der Waals surface area contributed by atoms with E-state index in [-0.39, 0.29) is 22.7 Å². The first-order valence-electron chi connectivity index (χ1n) is 9.36. The topological polar surface area (TPSA) is 84.0 Å². The molecule has 2 aromatic carbocycles. The molecule has 8 heteroatoms. The molecule has 1 amide bonds. The van der Waals surface area contributed by atoms with Gasteiger partial charge < -0.3 is 9.64 Å². The van der Waals surface area contributed by atoms with Crippen LogP contribution in [0.4, 0.5) is 5.69 Å². The van der Waals surface area contributed by atoms with E-state index >= 15 is 0 Å². The number of hydrogen-bond acceptors (Lipinski definition) is 5. The number of benzene rings is 2. The Balaban J connectivity index is 1.84. The number of para-hydroxylation sites is 1. The standard InChI is InChI=1S/C21H24N2O5S/c1-22(29(26,27)17-8-4-3-5-9-17)19-11-7-6-10-18(19)20(24)23-14-12-16(13-15-23)21(25)28-2/h3-11,16H,12-15H2,1-2H3. The van der Waals surface area contributed by atoms with E-state index in [1.807, 2.05) is 0 Å². The molecule has 0 N–H and O–H groups in total. The molecule has 0 aromatic heterocycles. The highest BCUT2D eigenvalue weighted by Gasteiger charge is 2.31. The fraction of sp³-hybridized carbons (Fsp3) is 0.333. The maximum Gasteiger partial charge on any atom is 0.308 e. The second-order valence-corrected chi connectivity index (χ2v) is 8.86. The summed E-state index contributed by atoms with van der Waals surface area (Å²) in [5, 5.41) is 0. The van der Waals surface area contributed by atoms with Crippen LogP contribution in [0.5, 0.6) is 0 Å². The zero-order chi connectivity index (χ0) is 21.0. The van der Waals surface area contributed by atoms with Crippen LogP contribution in [-0.2, 0) is 19.6 Å². The Morgan fingerprint density at radius 3 is 2.21 bits per heavy atom. The van der Waals surface area contributed by atoms with Crippen molar-refractivity contribution in [1.29, 1.82) is 0 Å². The van der Waals surface area contributed by atoms with Gasteiger partial charge in [-0.05, 0) is 37.1 Å². The minimum atomic E-state index is -3.80. The Labute approximate surface area is 170 Å². The number of ether oxygens (including phenoxy) is 1. The molecule has 1 aliphatic rings. The van der Waals surface area contributed by atoms with Crippen molar-refractivity contribution in [1.82, 2.24) is 4.90 Å². The lowest BCUT2D eigenvalue weighted by Crippen LogP contribution is -2.41. The molecule has 154 valence electrons. The number of amides is 1. The molecule has 1 fully saturated rings. The predicted octanol–water partition coefficient (Wildman–Crippen LogP) is 2.54. The maximum absolute atomic E-state index is 13.1. The molecule has 0 aliphatic carbocycles. The number of nitrogens with zero attached hydrogens (tertiary/aromatic N) is 2. The number of piperidine rings is 1. The summed E-state index contributed by atoms with van der Waals surface area (Å²) in [6.45, 7) is 0.837. The fourth-order valence-corrected chi connectivity index (χ4v) is 4.70. The van der Waals surface area contributed by atoms with E-state index in [9.17, 15) is 18.0 Å². The van der Waals surface area contributed by atoms with E-state index < -0.39 is 10.0 Å². The average molecular weight is 416 g/mol. The highest BCUT2D eigenvalue weighted by atomic mass is 32.2. The molecular formula is C21H24N2O5S. The van der Waals surface area contributed by atoms with Gasteiger partial charge in [0.2, 0.25) is 0 Å². The zero-order valence-corrected chi connectivity index (χ0v) is 17.3. The van der Waals surface area contributed by atoms with E-state index in [4.69, 9.17) is 4.74 Å². The minimum absolute atomic E-state index is 0.156. The average Bonchev–Trinajstić information content (AvgIpc) is 2.78. The van der Waals surface area contributed by atoms with Gasteiger partial charge in [-0.2, -0.15) is 0 Å². The molecule has 0 spiro atoms. The Bertz CT molecular complexity index is 983. The lowest BCUT2D eigenvalue weighted by Gasteiger charge is -2.32. The predicted molar refractivity (Wildman–Crippen MR) is 109 cm³/mol. The number of hydrogen-bond donors (Lipinski definition) is 0. The molecule has 1 aliphatic heterocycles. The summed E-state index contributed by atoms with van der Waals surface area (Å²) in [6.07, 6.45) is 1.05. The maximum atomic E-state index is 13.1. The number of anilines is 1. The smallest absolute Gasteiger partial charge is 0.308 e. The van der Waals surface area contributed by atoms with E-state index in [1.54, 1.807) is 47.4 Å². The molecule has 0 radical (unpaired) electrons. The van der Waals surface area contributed by atoms with Crippen molar-refractivity contribution in [2.45, 2.75) is 17.7 Å². The zero-order valence-electron chi connectivity index (χ0n) is 16.4. The van der Waals surface area contributed by atoms with Gasteiger partial charge in [0.25, 0.3) is 15.9 Å². The molecule has 2 aromatic rings. The molecule has 0 saturated carbocycles. The van der Waals surface area contributed by atoms with Gasteiger partial charge in [0.1, 0.15) is 0 Å². The summed E-state index contributed by atoms with van der Waals surface area (Å²) in [6, 6.07) is 14.8. The largest absolute Gasteiger partial charge is 0.469 e. The van der Waals surface area contributed by atoms with Crippen molar-refractivity contribution < 1.29 is 22.7 Å². The molecule has 29 heavy (non-hydrogen) atoms. The van der Waals surface area contributed by atoms with Crippen LogP contribution in [0, 0.1) is 5.92 Å². The van der Waals surface area contributed by atoms with E-state index in [1.165, 1.54) is 26.3 Å². The Morgan fingerprint density at radius 1 is 1.00 bits per heavy atom. The van der Waals surface area contributed by atoms with Crippen molar-refractivity contribution in [2.24, 2.45) is 5.92 Å².